The van der Waals surface area contributed by atoms with E-state index >= 15 is 0 Å². The molecular weight excluding hydrogens is 356 g/mol. The van der Waals surface area contributed by atoms with Gasteiger partial charge in [-0.25, -0.2) is 0 Å². The number of hydrogen-bond donors (Lipinski definition) is 2. The van der Waals surface area contributed by atoms with Gasteiger partial charge in [-0.3, -0.25) is 9.59 Å². The maximum Gasteiger partial charge on any atom is 0.225 e. The van der Waals surface area contributed by atoms with Gasteiger partial charge in [-0.1, -0.05) is 11.6 Å². The Hall–Kier alpha value is -3.28. The van der Waals surface area contributed by atoms with Crippen molar-refractivity contribution in [3.8, 4) is 5.75 Å². The number of ether oxygens (including phenoxy) is 1. The molecule has 144 valence electrons. The van der Waals surface area contributed by atoms with Crippen LogP contribution in [0.15, 0.2) is 34.7 Å². The van der Waals surface area contributed by atoms with Gasteiger partial charge in [0.05, 0.1) is 18.7 Å². The first-order valence-electron chi connectivity index (χ1n) is 9.16. The van der Waals surface area contributed by atoms with Crippen LogP contribution in [0.1, 0.15) is 41.7 Å². The van der Waals surface area contributed by atoms with Crippen molar-refractivity contribution in [2.75, 3.05) is 17.7 Å². The molecule has 3 aromatic rings. The summed E-state index contributed by atoms with van der Waals surface area (Å²) in [4.78, 5) is 24.0. The first kappa shape index (κ1) is 18.1. The van der Waals surface area contributed by atoms with Crippen molar-refractivity contribution in [1.82, 2.24) is 0 Å². The molecule has 1 aliphatic heterocycles. The average Bonchev–Trinajstić information content (AvgIpc) is 2.96. The molecule has 2 aromatic carbocycles. The van der Waals surface area contributed by atoms with Crippen molar-refractivity contribution in [1.29, 1.82) is 0 Å². The Morgan fingerprint density at radius 2 is 2.04 bits per heavy atom. The zero-order valence-corrected chi connectivity index (χ0v) is 16.3. The molecular formula is C22H22N2O4. The van der Waals surface area contributed by atoms with Crippen LogP contribution in [0.4, 0.5) is 11.4 Å². The highest BCUT2D eigenvalue weighted by molar-refractivity contribution is 5.98. The van der Waals surface area contributed by atoms with E-state index in [2.05, 4.69) is 16.7 Å². The predicted molar refractivity (Wildman–Crippen MR) is 108 cm³/mol. The highest BCUT2D eigenvalue weighted by Gasteiger charge is 2.32. The molecule has 6 nitrogen and oxygen atoms in total. The van der Waals surface area contributed by atoms with Crippen LogP contribution in [-0.2, 0) is 9.59 Å². The lowest BCUT2D eigenvalue weighted by molar-refractivity contribution is -0.117. The van der Waals surface area contributed by atoms with E-state index in [1.54, 1.807) is 6.07 Å². The van der Waals surface area contributed by atoms with Crippen molar-refractivity contribution < 1.29 is 18.7 Å². The number of furan rings is 1. The minimum atomic E-state index is -0.241. The number of carbonyl (C=O) groups is 2. The van der Waals surface area contributed by atoms with Gasteiger partial charge in [0.1, 0.15) is 17.1 Å². The first-order valence-corrected chi connectivity index (χ1v) is 9.16. The molecule has 0 bridgehead atoms. The minimum Gasteiger partial charge on any atom is -0.494 e. The monoisotopic (exact) mass is 378 g/mol. The number of benzene rings is 2. The van der Waals surface area contributed by atoms with E-state index in [-0.39, 0.29) is 24.2 Å². The summed E-state index contributed by atoms with van der Waals surface area (Å²) in [6.45, 7) is 5.51. The second-order valence-corrected chi connectivity index (χ2v) is 7.22. The smallest absolute Gasteiger partial charge is 0.225 e. The summed E-state index contributed by atoms with van der Waals surface area (Å²) >= 11 is 0. The van der Waals surface area contributed by atoms with Crippen LogP contribution in [-0.4, -0.2) is 18.9 Å². The third kappa shape index (κ3) is 3.01. The summed E-state index contributed by atoms with van der Waals surface area (Å²) in [6.07, 6.45) is 0.276. The molecule has 0 aliphatic carbocycles. The Bertz CT molecular complexity index is 1110. The van der Waals surface area contributed by atoms with Crippen LogP contribution in [0.5, 0.6) is 5.75 Å². The SMILES string of the molecule is COc1cc2c(cc1NC(C)=O)C(c1oc3ccc(C)cc3c1C)CC(=O)N2. The van der Waals surface area contributed by atoms with Crippen LogP contribution in [0.25, 0.3) is 11.0 Å². The molecule has 28 heavy (non-hydrogen) atoms. The highest BCUT2D eigenvalue weighted by atomic mass is 16.5. The van der Waals surface area contributed by atoms with E-state index in [1.807, 2.05) is 32.0 Å². The number of hydrogen-bond acceptors (Lipinski definition) is 4. The fourth-order valence-electron chi connectivity index (χ4n) is 3.87. The Kier molecular flexibility index (Phi) is 4.34. The second kappa shape index (κ2) is 6.71. The highest BCUT2D eigenvalue weighted by Crippen LogP contribution is 2.44. The summed E-state index contributed by atoms with van der Waals surface area (Å²) in [5.74, 6) is 0.755. The van der Waals surface area contributed by atoms with Crippen LogP contribution >= 0.6 is 0 Å². The van der Waals surface area contributed by atoms with Crippen LogP contribution < -0.4 is 15.4 Å². The topological polar surface area (TPSA) is 80.6 Å². The molecule has 0 radical (unpaired) electrons. The van der Waals surface area contributed by atoms with E-state index in [0.717, 1.165) is 33.4 Å². The fraction of sp³-hybridized carbons (Fsp3) is 0.273. The molecule has 6 heteroatoms. The van der Waals surface area contributed by atoms with E-state index < -0.39 is 0 Å². The van der Waals surface area contributed by atoms with Gasteiger partial charge in [-0.2, -0.15) is 0 Å². The maximum absolute atomic E-state index is 12.4. The van der Waals surface area contributed by atoms with Crippen LogP contribution in [0.2, 0.25) is 0 Å². The lowest BCUT2D eigenvalue weighted by Crippen LogP contribution is -2.24. The number of carbonyl (C=O) groups excluding carboxylic acids is 2. The van der Waals surface area contributed by atoms with Crippen molar-refractivity contribution in [3.63, 3.8) is 0 Å². The maximum atomic E-state index is 12.4. The summed E-state index contributed by atoms with van der Waals surface area (Å²) in [5.41, 5.74) is 5.12. The third-order valence-electron chi connectivity index (χ3n) is 5.17. The fourth-order valence-corrected chi connectivity index (χ4v) is 3.87. The van der Waals surface area contributed by atoms with Crippen LogP contribution in [0.3, 0.4) is 0 Å². The van der Waals surface area contributed by atoms with Gasteiger partial charge in [0, 0.05) is 30.5 Å². The molecule has 0 saturated carbocycles. The van der Waals surface area contributed by atoms with Gasteiger partial charge in [-0.05, 0) is 43.2 Å². The molecule has 4 rings (SSSR count). The summed E-state index contributed by atoms with van der Waals surface area (Å²) in [7, 11) is 1.53. The van der Waals surface area contributed by atoms with Gasteiger partial charge in [-0.15, -0.1) is 0 Å². The van der Waals surface area contributed by atoms with Gasteiger partial charge < -0.3 is 19.8 Å². The Morgan fingerprint density at radius 1 is 1.25 bits per heavy atom. The normalized spacial score (nSPS) is 15.9. The van der Waals surface area contributed by atoms with E-state index in [0.29, 0.717) is 17.1 Å². The van der Waals surface area contributed by atoms with E-state index in [4.69, 9.17) is 9.15 Å². The third-order valence-corrected chi connectivity index (χ3v) is 5.17. The minimum absolute atomic E-state index is 0.0807. The molecule has 1 atom stereocenters. The lowest BCUT2D eigenvalue weighted by Gasteiger charge is -2.26. The van der Waals surface area contributed by atoms with Crippen molar-refractivity contribution in [2.24, 2.45) is 0 Å². The molecule has 0 saturated heterocycles. The molecule has 2 heterocycles. The standard InChI is InChI=1S/C22H22N2O4/c1-11-5-6-19-14(7-11)12(2)22(28-19)16-9-21(26)24-17-10-20(27-4)18(8-15(16)17)23-13(3)25/h5-8,10,16H,9H2,1-4H3,(H,23,25)(H,24,26). The lowest BCUT2D eigenvalue weighted by atomic mass is 9.86. The molecule has 0 fully saturated rings. The van der Waals surface area contributed by atoms with Crippen molar-refractivity contribution in [3.05, 3.63) is 52.8 Å². The van der Waals surface area contributed by atoms with Crippen molar-refractivity contribution >= 4 is 34.2 Å². The number of anilines is 2. The zero-order chi connectivity index (χ0) is 20.0. The molecule has 1 aromatic heterocycles. The number of nitrogens with one attached hydrogen (secondary N) is 2. The number of methoxy groups -OCH3 is 1. The predicted octanol–water partition coefficient (Wildman–Crippen LogP) is 4.49. The quantitative estimate of drug-likeness (QED) is 0.704. The summed E-state index contributed by atoms with van der Waals surface area (Å²) in [6, 6.07) is 9.67. The Morgan fingerprint density at radius 3 is 2.75 bits per heavy atom. The number of aryl methyl sites for hydroxylation is 2. The van der Waals surface area contributed by atoms with Gasteiger partial charge >= 0.3 is 0 Å². The number of fused-ring (bicyclic) bond motifs is 2. The largest absolute Gasteiger partial charge is 0.494 e. The second-order valence-electron chi connectivity index (χ2n) is 7.22. The molecule has 2 amide bonds. The van der Waals surface area contributed by atoms with Crippen molar-refractivity contribution in [2.45, 2.75) is 33.1 Å². The first-order chi connectivity index (χ1) is 13.4. The Balaban J connectivity index is 1.89. The van der Waals surface area contributed by atoms with E-state index in [9.17, 15) is 9.59 Å². The Labute approximate surface area is 162 Å². The molecule has 1 aliphatic rings. The average molecular weight is 378 g/mol. The van der Waals surface area contributed by atoms with Crippen LogP contribution in [0, 0.1) is 13.8 Å². The van der Waals surface area contributed by atoms with E-state index in [1.165, 1.54) is 14.0 Å². The number of rotatable bonds is 3. The molecule has 2 N–H and O–H groups in total. The summed E-state index contributed by atoms with van der Waals surface area (Å²) < 4.78 is 11.6. The van der Waals surface area contributed by atoms with Gasteiger partial charge in [0.2, 0.25) is 11.8 Å². The number of amides is 2. The van der Waals surface area contributed by atoms with Gasteiger partial charge in [0.25, 0.3) is 0 Å². The van der Waals surface area contributed by atoms with Gasteiger partial charge in [0.15, 0.2) is 0 Å². The molecule has 1 unspecified atom stereocenters. The molecule has 0 spiro atoms. The zero-order valence-electron chi connectivity index (χ0n) is 16.3. The summed E-state index contributed by atoms with van der Waals surface area (Å²) in [5, 5.41) is 6.76.